The summed E-state index contributed by atoms with van der Waals surface area (Å²) in [5, 5.41) is 11.6. The number of anilines is 1. The lowest BCUT2D eigenvalue weighted by atomic mass is 10.1. The van der Waals surface area contributed by atoms with Crippen molar-refractivity contribution in [2.45, 2.75) is 0 Å². The quantitative estimate of drug-likeness (QED) is 0.608. The number of nitrogens with zero attached hydrogens (tertiary/aromatic N) is 3. The first-order valence-corrected chi connectivity index (χ1v) is 7.85. The third-order valence-electron chi connectivity index (χ3n) is 3.83. The van der Waals surface area contributed by atoms with Crippen molar-refractivity contribution in [3.8, 4) is 17.5 Å². The molecular formula is C20H12N4O2. The number of rotatable bonds is 3. The third-order valence-corrected chi connectivity index (χ3v) is 3.83. The number of amides is 1. The molecule has 0 saturated heterocycles. The first-order valence-electron chi connectivity index (χ1n) is 7.85. The van der Waals surface area contributed by atoms with Crippen LogP contribution in [0.1, 0.15) is 15.9 Å². The minimum absolute atomic E-state index is 0.259. The average Bonchev–Trinajstić information content (AvgIpc) is 3.12. The Labute approximate surface area is 148 Å². The second-order valence-electron chi connectivity index (χ2n) is 5.59. The molecule has 0 atom stereocenters. The van der Waals surface area contributed by atoms with Crippen LogP contribution in [0.25, 0.3) is 22.6 Å². The Kier molecular flexibility index (Phi) is 3.88. The molecule has 0 fully saturated rings. The number of pyridine rings is 1. The van der Waals surface area contributed by atoms with E-state index in [0.717, 1.165) is 5.56 Å². The maximum atomic E-state index is 12.3. The zero-order valence-corrected chi connectivity index (χ0v) is 13.5. The predicted octanol–water partition coefficient (Wildman–Crippen LogP) is 4.01. The van der Waals surface area contributed by atoms with Gasteiger partial charge in [-0.15, -0.1) is 0 Å². The molecule has 2 aromatic heterocycles. The van der Waals surface area contributed by atoms with Crippen LogP contribution in [0.3, 0.4) is 0 Å². The normalized spacial score (nSPS) is 10.4. The highest BCUT2D eigenvalue weighted by atomic mass is 16.3. The van der Waals surface area contributed by atoms with Crippen molar-refractivity contribution in [2.24, 2.45) is 0 Å². The number of nitrogens with one attached hydrogen (secondary N) is 1. The van der Waals surface area contributed by atoms with Crippen LogP contribution < -0.4 is 5.32 Å². The lowest BCUT2D eigenvalue weighted by molar-refractivity contribution is 0.102. The number of fused-ring (bicyclic) bond motifs is 1. The predicted molar refractivity (Wildman–Crippen MR) is 96.4 cm³/mol. The van der Waals surface area contributed by atoms with Crippen LogP contribution in [-0.2, 0) is 0 Å². The van der Waals surface area contributed by atoms with E-state index in [2.05, 4.69) is 15.3 Å². The summed E-state index contributed by atoms with van der Waals surface area (Å²) in [6.45, 7) is 0. The van der Waals surface area contributed by atoms with Crippen molar-refractivity contribution in [3.05, 3.63) is 78.1 Å². The molecule has 4 aromatic rings. The molecule has 124 valence electrons. The van der Waals surface area contributed by atoms with Crippen molar-refractivity contribution < 1.29 is 9.21 Å². The van der Waals surface area contributed by atoms with Crippen molar-refractivity contribution >= 4 is 22.7 Å². The Morgan fingerprint density at radius 3 is 2.69 bits per heavy atom. The van der Waals surface area contributed by atoms with E-state index in [1.165, 1.54) is 0 Å². The van der Waals surface area contributed by atoms with E-state index in [0.29, 0.717) is 33.8 Å². The zero-order chi connectivity index (χ0) is 17.9. The summed E-state index contributed by atoms with van der Waals surface area (Å²) in [6.07, 6.45) is 3.36. The van der Waals surface area contributed by atoms with Gasteiger partial charge in [0.25, 0.3) is 5.91 Å². The summed E-state index contributed by atoms with van der Waals surface area (Å²) in [5.41, 5.74) is 3.64. The van der Waals surface area contributed by atoms with Gasteiger partial charge in [0.2, 0.25) is 5.89 Å². The van der Waals surface area contributed by atoms with Crippen molar-refractivity contribution in [3.63, 3.8) is 0 Å². The molecule has 1 N–H and O–H groups in total. The van der Waals surface area contributed by atoms with Crippen LogP contribution in [0, 0.1) is 11.3 Å². The Bertz CT molecular complexity index is 1130. The van der Waals surface area contributed by atoms with Crippen LogP contribution in [0.4, 0.5) is 5.69 Å². The monoisotopic (exact) mass is 340 g/mol. The van der Waals surface area contributed by atoms with Gasteiger partial charge in [-0.1, -0.05) is 0 Å². The molecule has 4 rings (SSSR count). The number of hydrogen-bond acceptors (Lipinski definition) is 5. The smallest absolute Gasteiger partial charge is 0.255 e. The first-order chi connectivity index (χ1) is 12.7. The van der Waals surface area contributed by atoms with E-state index >= 15 is 0 Å². The van der Waals surface area contributed by atoms with Gasteiger partial charge < -0.3 is 9.73 Å². The highest BCUT2D eigenvalue weighted by Crippen LogP contribution is 2.25. The van der Waals surface area contributed by atoms with Gasteiger partial charge in [-0.2, -0.15) is 5.26 Å². The number of carbonyl (C=O) groups excluding carboxylic acids is 1. The molecule has 0 spiro atoms. The maximum absolute atomic E-state index is 12.3. The number of benzene rings is 2. The van der Waals surface area contributed by atoms with Crippen LogP contribution >= 0.6 is 0 Å². The second kappa shape index (κ2) is 6.49. The molecule has 0 saturated carbocycles. The highest BCUT2D eigenvalue weighted by Gasteiger charge is 2.11. The molecule has 0 unspecified atom stereocenters. The summed E-state index contributed by atoms with van der Waals surface area (Å²) in [4.78, 5) is 20.8. The molecule has 0 radical (unpaired) electrons. The molecule has 0 bridgehead atoms. The lowest BCUT2D eigenvalue weighted by Crippen LogP contribution is -2.11. The lowest BCUT2D eigenvalue weighted by Gasteiger charge is -2.04. The van der Waals surface area contributed by atoms with E-state index in [1.807, 2.05) is 18.2 Å². The molecule has 2 aromatic carbocycles. The topological polar surface area (TPSA) is 91.8 Å². The Morgan fingerprint density at radius 1 is 1.12 bits per heavy atom. The molecule has 0 aliphatic rings. The van der Waals surface area contributed by atoms with Crippen molar-refractivity contribution in [1.82, 2.24) is 9.97 Å². The van der Waals surface area contributed by atoms with Gasteiger partial charge in [0.1, 0.15) is 5.52 Å². The van der Waals surface area contributed by atoms with Gasteiger partial charge >= 0.3 is 0 Å². The van der Waals surface area contributed by atoms with Gasteiger partial charge in [-0.05, 0) is 54.6 Å². The molecular weight excluding hydrogens is 328 g/mol. The van der Waals surface area contributed by atoms with Gasteiger partial charge in [-0.25, -0.2) is 4.98 Å². The molecule has 0 aliphatic heterocycles. The Hall–Kier alpha value is -3.98. The van der Waals surface area contributed by atoms with E-state index in [4.69, 9.17) is 9.68 Å². The summed E-state index contributed by atoms with van der Waals surface area (Å²) in [7, 11) is 0. The summed E-state index contributed by atoms with van der Waals surface area (Å²) in [5.74, 6) is 0.216. The summed E-state index contributed by atoms with van der Waals surface area (Å²) in [6, 6.07) is 17.4. The van der Waals surface area contributed by atoms with Crippen LogP contribution in [0.5, 0.6) is 0 Å². The van der Waals surface area contributed by atoms with E-state index in [9.17, 15) is 4.79 Å². The van der Waals surface area contributed by atoms with Crippen LogP contribution in [0.2, 0.25) is 0 Å². The second-order valence-corrected chi connectivity index (χ2v) is 5.59. The van der Waals surface area contributed by atoms with Gasteiger partial charge in [0, 0.05) is 23.6 Å². The molecule has 26 heavy (non-hydrogen) atoms. The number of hydrogen-bond donors (Lipinski definition) is 1. The largest absolute Gasteiger partial charge is 0.436 e. The molecule has 1 amide bonds. The highest BCUT2D eigenvalue weighted by molar-refractivity contribution is 6.05. The SMILES string of the molecule is N#Cc1ccc(C(=O)Nc2ccc3oc(-c4cccnc4)nc3c2)cc1. The van der Waals surface area contributed by atoms with E-state index in [1.54, 1.807) is 54.9 Å². The van der Waals surface area contributed by atoms with Crippen molar-refractivity contribution in [1.29, 1.82) is 5.26 Å². The number of nitriles is 1. The van der Waals surface area contributed by atoms with E-state index in [-0.39, 0.29) is 5.91 Å². The minimum Gasteiger partial charge on any atom is -0.436 e. The fraction of sp³-hybridized carbons (Fsp3) is 0. The third kappa shape index (κ3) is 3.01. The van der Waals surface area contributed by atoms with Gasteiger partial charge in [0.15, 0.2) is 5.58 Å². The first kappa shape index (κ1) is 15.5. The number of aromatic nitrogens is 2. The standard InChI is InChI=1S/C20H12N4O2/c21-11-13-3-5-14(6-4-13)19(25)23-16-7-8-18-17(10-16)24-20(26-18)15-2-1-9-22-12-15/h1-10,12H,(H,23,25). The van der Waals surface area contributed by atoms with Gasteiger partial charge in [0.05, 0.1) is 17.2 Å². The molecule has 6 heteroatoms. The molecule has 6 nitrogen and oxygen atoms in total. The number of carbonyl (C=O) groups is 1. The minimum atomic E-state index is -0.259. The Balaban J connectivity index is 1.59. The number of oxazole rings is 1. The van der Waals surface area contributed by atoms with Gasteiger partial charge in [-0.3, -0.25) is 9.78 Å². The average molecular weight is 340 g/mol. The van der Waals surface area contributed by atoms with Crippen molar-refractivity contribution in [2.75, 3.05) is 5.32 Å². The molecule has 2 heterocycles. The van der Waals surface area contributed by atoms with E-state index < -0.39 is 0 Å². The fourth-order valence-corrected chi connectivity index (χ4v) is 2.52. The fourth-order valence-electron chi connectivity index (χ4n) is 2.52. The summed E-state index contributed by atoms with van der Waals surface area (Å²) >= 11 is 0. The maximum Gasteiger partial charge on any atom is 0.255 e. The molecule has 0 aliphatic carbocycles. The summed E-state index contributed by atoms with van der Waals surface area (Å²) < 4.78 is 5.73. The Morgan fingerprint density at radius 2 is 1.96 bits per heavy atom. The van der Waals surface area contributed by atoms with Crippen LogP contribution in [0.15, 0.2) is 71.4 Å². The van der Waals surface area contributed by atoms with Crippen LogP contribution in [-0.4, -0.2) is 15.9 Å². The zero-order valence-electron chi connectivity index (χ0n) is 13.5.